The van der Waals surface area contributed by atoms with Crippen LogP contribution < -0.4 is 15.7 Å². The maximum Gasteiger partial charge on any atom is 0.305 e. The Morgan fingerprint density at radius 1 is 1.73 bits per heavy atom. The molecule has 5 heteroatoms. The summed E-state index contributed by atoms with van der Waals surface area (Å²) in [6, 6.07) is 3.72. The van der Waals surface area contributed by atoms with Crippen molar-refractivity contribution in [3.8, 4) is 0 Å². The lowest BCUT2D eigenvalue weighted by Gasteiger charge is -2.05. The van der Waals surface area contributed by atoms with E-state index >= 15 is 0 Å². The molecule has 1 unspecified atom stereocenters. The first-order valence-electron chi connectivity index (χ1n) is 3.31. The van der Waals surface area contributed by atoms with E-state index in [0.29, 0.717) is 5.82 Å². The van der Waals surface area contributed by atoms with Crippen LogP contribution >= 0.6 is 0 Å². The van der Waals surface area contributed by atoms with Crippen LogP contribution in [0.25, 0.3) is 0 Å². The van der Waals surface area contributed by atoms with Crippen molar-refractivity contribution in [2.45, 2.75) is 0 Å². The molecule has 0 amide bonds. The highest BCUT2D eigenvalue weighted by Gasteiger charge is 2.28. The molecule has 58 valence electrons. The third-order valence-electron chi connectivity index (χ3n) is 1.65. The summed E-state index contributed by atoms with van der Waals surface area (Å²) < 4.78 is 0. The van der Waals surface area contributed by atoms with Gasteiger partial charge in [-0.05, 0) is 17.7 Å². The number of fused-ring (bicyclic) bond motifs is 1. The largest absolute Gasteiger partial charge is 0.305 e. The van der Waals surface area contributed by atoms with Crippen LogP contribution in [-0.4, -0.2) is 17.2 Å². The van der Waals surface area contributed by atoms with E-state index in [-0.39, 0.29) is 5.17 Å². The van der Waals surface area contributed by atoms with Gasteiger partial charge in [0, 0.05) is 13.2 Å². The Balaban J connectivity index is 2.52. The van der Waals surface area contributed by atoms with Crippen molar-refractivity contribution >= 4 is 11.5 Å². The molecule has 0 fully saturated rings. The van der Waals surface area contributed by atoms with Crippen molar-refractivity contribution in [2.24, 2.45) is 0 Å². The summed E-state index contributed by atoms with van der Waals surface area (Å²) in [6.45, 7) is 0. The fraction of sp³-hybridized carbons (Fsp3) is 0.167. The molecule has 1 atom stereocenters. The number of aromatic nitrogens is 1. The second-order valence-electron chi connectivity index (χ2n) is 2.39. The molecule has 0 bridgehead atoms. The van der Waals surface area contributed by atoms with E-state index in [1.54, 1.807) is 11.2 Å². The maximum atomic E-state index is 9.25. The van der Waals surface area contributed by atoms with Crippen LogP contribution in [0, 0.1) is 0 Å². The van der Waals surface area contributed by atoms with Crippen molar-refractivity contribution in [1.29, 1.82) is 0 Å². The number of rotatable bonds is 0. The van der Waals surface area contributed by atoms with Crippen LogP contribution in [0.4, 0.5) is 11.5 Å². The van der Waals surface area contributed by atoms with E-state index in [1.807, 2.05) is 19.2 Å². The number of hydrogen-bond donors (Lipinski definition) is 3. The van der Waals surface area contributed by atoms with Crippen LogP contribution in [0.1, 0.15) is 0 Å². The highest BCUT2D eigenvalue weighted by Crippen LogP contribution is 2.18. The van der Waals surface area contributed by atoms with E-state index in [9.17, 15) is 5.21 Å². The van der Waals surface area contributed by atoms with E-state index in [0.717, 1.165) is 5.69 Å². The van der Waals surface area contributed by atoms with E-state index < -0.39 is 0 Å². The lowest BCUT2D eigenvalue weighted by atomic mass is 10.4. The number of nitrogens with zero attached hydrogens (tertiary/aromatic N) is 2. The molecule has 1 aromatic heterocycles. The van der Waals surface area contributed by atoms with Gasteiger partial charge in [0.2, 0.25) is 0 Å². The van der Waals surface area contributed by atoms with E-state index in [2.05, 4.69) is 10.5 Å². The first-order chi connectivity index (χ1) is 5.29. The molecule has 2 heterocycles. The molecule has 1 aliphatic heterocycles. The van der Waals surface area contributed by atoms with Gasteiger partial charge in [-0.15, -0.1) is 0 Å². The predicted molar refractivity (Wildman–Crippen MR) is 38.2 cm³/mol. The van der Waals surface area contributed by atoms with Gasteiger partial charge >= 0.3 is 5.82 Å². The van der Waals surface area contributed by atoms with Crippen molar-refractivity contribution in [2.75, 3.05) is 12.1 Å². The van der Waals surface area contributed by atoms with Gasteiger partial charge in [0.1, 0.15) is 5.69 Å². The Hall–Kier alpha value is -1.17. The topological polar surface area (TPSA) is 52.8 Å². The van der Waals surface area contributed by atoms with Gasteiger partial charge in [-0.2, -0.15) is 10.2 Å². The van der Waals surface area contributed by atoms with Gasteiger partial charge in [-0.3, -0.25) is 5.01 Å². The summed E-state index contributed by atoms with van der Waals surface area (Å²) in [5.74, 6) is 0.606. The van der Waals surface area contributed by atoms with Gasteiger partial charge in [0.05, 0.1) is 0 Å². The minimum atomic E-state index is 0.114. The van der Waals surface area contributed by atoms with Gasteiger partial charge in [-0.1, -0.05) is 5.17 Å². The molecule has 1 aromatic rings. The van der Waals surface area contributed by atoms with Crippen molar-refractivity contribution in [3.05, 3.63) is 18.3 Å². The number of anilines is 1. The summed E-state index contributed by atoms with van der Waals surface area (Å²) >= 11 is 0. The molecule has 0 aliphatic carbocycles. The molecule has 0 saturated heterocycles. The third kappa shape index (κ3) is 0.864. The molecule has 0 spiro atoms. The molecule has 0 radical (unpaired) electrons. The van der Waals surface area contributed by atoms with Gasteiger partial charge in [0.15, 0.2) is 0 Å². The summed E-state index contributed by atoms with van der Waals surface area (Å²) in [7, 11) is 1.82. The Kier molecular flexibility index (Phi) is 1.28. The van der Waals surface area contributed by atoms with Gasteiger partial charge < -0.3 is 0 Å². The Bertz CT molecular complexity index is 250. The number of quaternary nitrogens is 1. The SMILES string of the molecule is CN1N[NH+](O)c2ncccc21. The Labute approximate surface area is 63.8 Å². The van der Waals surface area contributed by atoms with Crippen LogP contribution in [0.2, 0.25) is 0 Å². The first kappa shape index (κ1) is 6.53. The predicted octanol–water partition coefficient (Wildman–Crippen LogP) is -1.14. The summed E-state index contributed by atoms with van der Waals surface area (Å²) in [4.78, 5) is 4.00. The lowest BCUT2D eigenvalue weighted by molar-refractivity contribution is -1.07. The summed E-state index contributed by atoms with van der Waals surface area (Å²) in [6.07, 6.45) is 1.65. The normalized spacial score (nSPS) is 22.0. The second kappa shape index (κ2) is 2.16. The molecule has 0 aromatic carbocycles. The standard InChI is InChI=1S/C6H8N4O/c1-9-5-3-2-4-7-6(5)10(11)8-9/h2-4,8,11H,1H3/p+1. The monoisotopic (exact) mass is 153 g/mol. The van der Waals surface area contributed by atoms with Crippen LogP contribution in [0.15, 0.2) is 18.3 Å². The zero-order valence-electron chi connectivity index (χ0n) is 6.07. The molecule has 3 N–H and O–H groups in total. The van der Waals surface area contributed by atoms with E-state index in [1.165, 1.54) is 0 Å². The fourth-order valence-electron chi connectivity index (χ4n) is 1.12. The molecule has 5 nitrogen and oxygen atoms in total. The minimum Gasteiger partial charge on any atom is -0.257 e. The van der Waals surface area contributed by atoms with E-state index in [4.69, 9.17) is 0 Å². The van der Waals surface area contributed by atoms with Crippen LogP contribution in [0.5, 0.6) is 0 Å². The lowest BCUT2D eigenvalue weighted by Crippen LogP contribution is -3.11. The van der Waals surface area contributed by atoms with Crippen molar-refractivity contribution in [3.63, 3.8) is 0 Å². The summed E-state index contributed by atoms with van der Waals surface area (Å²) in [5, 5.41) is 11.1. The second-order valence-corrected chi connectivity index (χ2v) is 2.39. The Morgan fingerprint density at radius 3 is 3.27 bits per heavy atom. The summed E-state index contributed by atoms with van der Waals surface area (Å²) in [5.41, 5.74) is 3.62. The molecular formula is C6H9N4O+. The maximum absolute atomic E-state index is 9.25. The third-order valence-corrected chi connectivity index (χ3v) is 1.65. The fourth-order valence-corrected chi connectivity index (χ4v) is 1.12. The van der Waals surface area contributed by atoms with Crippen molar-refractivity contribution < 1.29 is 10.4 Å². The smallest absolute Gasteiger partial charge is 0.257 e. The number of hydrogen-bond acceptors (Lipinski definition) is 4. The quantitative estimate of drug-likeness (QED) is 0.441. The highest BCUT2D eigenvalue weighted by molar-refractivity contribution is 5.58. The number of hydrazine groups is 1. The average Bonchev–Trinajstić information content (AvgIpc) is 2.30. The molecule has 1 aliphatic rings. The van der Waals surface area contributed by atoms with Gasteiger partial charge in [0.25, 0.3) is 0 Å². The average molecular weight is 153 g/mol. The number of nitrogens with one attached hydrogen (secondary N) is 2. The molecule has 0 saturated carbocycles. The minimum absolute atomic E-state index is 0.114. The zero-order chi connectivity index (χ0) is 7.84. The number of pyridine rings is 1. The van der Waals surface area contributed by atoms with Crippen LogP contribution in [-0.2, 0) is 0 Å². The molecule has 2 rings (SSSR count). The Morgan fingerprint density at radius 2 is 2.55 bits per heavy atom. The molecular weight excluding hydrogens is 144 g/mol. The zero-order valence-corrected chi connectivity index (χ0v) is 6.07. The van der Waals surface area contributed by atoms with Crippen molar-refractivity contribution in [1.82, 2.24) is 10.5 Å². The van der Waals surface area contributed by atoms with Gasteiger partial charge in [-0.25, -0.2) is 0 Å². The van der Waals surface area contributed by atoms with Crippen LogP contribution in [0.3, 0.4) is 0 Å². The first-order valence-corrected chi connectivity index (χ1v) is 3.31. The molecule has 11 heavy (non-hydrogen) atoms. The highest BCUT2D eigenvalue weighted by atomic mass is 16.6.